The Labute approximate surface area is 153 Å². The van der Waals surface area contributed by atoms with Crippen molar-refractivity contribution in [1.82, 2.24) is 0 Å². The summed E-state index contributed by atoms with van der Waals surface area (Å²) in [5, 5.41) is 21.8. The van der Waals surface area contributed by atoms with Crippen molar-refractivity contribution in [3.63, 3.8) is 0 Å². The van der Waals surface area contributed by atoms with Crippen LogP contribution in [0.1, 0.15) is 37.3 Å². The molecular weight excluding hydrogens is 328 g/mol. The largest absolute Gasteiger partial charge is 0.504 e. The molecule has 0 spiro atoms. The Kier molecular flexibility index (Phi) is 6.40. The zero-order chi connectivity index (χ0) is 19.1. The van der Waals surface area contributed by atoms with Gasteiger partial charge in [-0.15, -0.1) is 0 Å². The first kappa shape index (κ1) is 19.1. The molecule has 0 bridgehead atoms. The lowest BCUT2D eigenvalue weighted by Gasteiger charge is -2.10. The number of hydrogen-bond acceptors (Lipinski definition) is 4. The predicted octanol–water partition coefficient (Wildman–Crippen LogP) is 4.46. The summed E-state index contributed by atoms with van der Waals surface area (Å²) >= 11 is 0. The highest BCUT2D eigenvalue weighted by Crippen LogP contribution is 2.27. The maximum atomic E-state index is 12.3. The highest BCUT2D eigenvalue weighted by molar-refractivity contribution is 6.09. The SMILES string of the molecule is CC[C@@H](C)c1ccc(NC(=O)/C(C#N)=C/c2ccc(OC)c(O)c2)cc1. The maximum absolute atomic E-state index is 12.3. The van der Waals surface area contributed by atoms with Gasteiger partial charge in [0.2, 0.25) is 0 Å². The number of phenols is 1. The third kappa shape index (κ3) is 4.64. The molecule has 0 saturated heterocycles. The smallest absolute Gasteiger partial charge is 0.266 e. The minimum atomic E-state index is -0.501. The molecule has 2 N–H and O–H groups in total. The van der Waals surface area contributed by atoms with E-state index in [4.69, 9.17) is 4.74 Å². The van der Waals surface area contributed by atoms with E-state index in [2.05, 4.69) is 19.2 Å². The fraction of sp³-hybridized carbons (Fsp3) is 0.238. The lowest BCUT2D eigenvalue weighted by atomic mass is 9.98. The number of methoxy groups -OCH3 is 1. The number of hydrogen-bond donors (Lipinski definition) is 2. The molecule has 0 heterocycles. The van der Waals surface area contributed by atoms with E-state index in [0.717, 1.165) is 6.42 Å². The second-order valence-corrected chi connectivity index (χ2v) is 5.99. The number of nitrogens with zero attached hydrogens (tertiary/aromatic N) is 1. The number of carbonyl (C=O) groups excluding carboxylic acids is 1. The second kappa shape index (κ2) is 8.72. The van der Waals surface area contributed by atoms with E-state index in [-0.39, 0.29) is 11.3 Å². The van der Waals surface area contributed by atoms with Crippen LogP contribution in [0.2, 0.25) is 0 Å². The van der Waals surface area contributed by atoms with Crippen LogP contribution in [-0.2, 0) is 4.79 Å². The van der Waals surface area contributed by atoms with Gasteiger partial charge >= 0.3 is 0 Å². The number of anilines is 1. The summed E-state index contributed by atoms with van der Waals surface area (Å²) in [7, 11) is 1.45. The van der Waals surface area contributed by atoms with Crippen molar-refractivity contribution in [3.05, 3.63) is 59.2 Å². The van der Waals surface area contributed by atoms with E-state index in [0.29, 0.717) is 22.9 Å². The van der Waals surface area contributed by atoms with Crippen molar-refractivity contribution >= 4 is 17.7 Å². The van der Waals surface area contributed by atoms with Gasteiger partial charge in [-0.1, -0.05) is 32.0 Å². The van der Waals surface area contributed by atoms with Crippen LogP contribution < -0.4 is 10.1 Å². The monoisotopic (exact) mass is 350 g/mol. The quantitative estimate of drug-likeness (QED) is 0.595. The van der Waals surface area contributed by atoms with Crippen LogP contribution in [0.5, 0.6) is 11.5 Å². The molecule has 0 unspecified atom stereocenters. The highest BCUT2D eigenvalue weighted by atomic mass is 16.5. The molecule has 134 valence electrons. The van der Waals surface area contributed by atoms with Crippen LogP contribution in [0, 0.1) is 11.3 Å². The van der Waals surface area contributed by atoms with Gasteiger partial charge in [0, 0.05) is 5.69 Å². The molecule has 0 aliphatic heterocycles. The Morgan fingerprint density at radius 2 is 2.00 bits per heavy atom. The molecule has 0 radical (unpaired) electrons. The van der Waals surface area contributed by atoms with E-state index in [9.17, 15) is 15.2 Å². The van der Waals surface area contributed by atoms with E-state index >= 15 is 0 Å². The molecule has 2 aromatic rings. The molecule has 0 aliphatic carbocycles. The Balaban J connectivity index is 2.16. The van der Waals surface area contributed by atoms with Crippen molar-refractivity contribution in [2.45, 2.75) is 26.2 Å². The van der Waals surface area contributed by atoms with Crippen LogP contribution in [-0.4, -0.2) is 18.1 Å². The number of carbonyl (C=O) groups is 1. The topological polar surface area (TPSA) is 82.4 Å². The Bertz CT molecular complexity index is 849. The van der Waals surface area contributed by atoms with Crippen molar-refractivity contribution in [1.29, 1.82) is 5.26 Å². The average Bonchev–Trinajstić information content (AvgIpc) is 2.66. The fourth-order valence-electron chi connectivity index (χ4n) is 2.44. The zero-order valence-corrected chi connectivity index (χ0v) is 15.1. The molecule has 5 nitrogen and oxygen atoms in total. The molecule has 0 fully saturated rings. The standard InChI is InChI=1S/C21H22N2O3/c1-4-14(2)16-6-8-18(9-7-16)23-21(25)17(13-22)11-15-5-10-20(26-3)19(24)12-15/h5-12,14,24H,4H2,1-3H3,(H,23,25)/b17-11+/t14-/m1/s1. The van der Waals surface area contributed by atoms with Gasteiger partial charge in [-0.05, 0) is 53.8 Å². The third-order valence-electron chi connectivity index (χ3n) is 4.23. The molecular formula is C21H22N2O3. The first-order valence-corrected chi connectivity index (χ1v) is 8.38. The van der Waals surface area contributed by atoms with E-state index in [1.165, 1.54) is 24.8 Å². The van der Waals surface area contributed by atoms with Gasteiger partial charge in [-0.3, -0.25) is 4.79 Å². The summed E-state index contributed by atoms with van der Waals surface area (Å²) in [6.07, 6.45) is 2.46. The van der Waals surface area contributed by atoms with Crippen LogP contribution in [0.15, 0.2) is 48.0 Å². The molecule has 0 aromatic heterocycles. The number of amides is 1. The molecule has 2 rings (SSSR count). The van der Waals surface area contributed by atoms with Crippen molar-refractivity contribution in [3.8, 4) is 17.6 Å². The summed E-state index contributed by atoms with van der Waals surface area (Å²) in [5.41, 5.74) is 2.30. The minimum Gasteiger partial charge on any atom is -0.504 e. The van der Waals surface area contributed by atoms with E-state index < -0.39 is 5.91 Å². The number of phenolic OH excluding ortho intramolecular Hbond substituents is 1. The van der Waals surface area contributed by atoms with Gasteiger partial charge in [0.25, 0.3) is 5.91 Å². The molecule has 1 amide bonds. The predicted molar refractivity (Wildman–Crippen MR) is 102 cm³/mol. The Morgan fingerprint density at radius 3 is 2.54 bits per heavy atom. The normalized spacial score (nSPS) is 12.2. The molecule has 26 heavy (non-hydrogen) atoms. The van der Waals surface area contributed by atoms with Gasteiger partial charge in [0.1, 0.15) is 11.6 Å². The van der Waals surface area contributed by atoms with Crippen molar-refractivity contribution in [2.24, 2.45) is 0 Å². The summed E-state index contributed by atoms with van der Waals surface area (Å²) in [4.78, 5) is 12.3. The van der Waals surface area contributed by atoms with Crippen LogP contribution in [0.3, 0.4) is 0 Å². The number of nitrogens with one attached hydrogen (secondary N) is 1. The van der Waals surface area contributed by atoms with Gasteiger partial charge in [-0.25, -0.2) is 0 Å². The highest BCUT2D eigenvalue weighted by Gasteiger charge is 2.11. The molecule has 2 aromatic carbocycles. The number of rotatable bonds is 6. The average molecular weight is 350 g/mol. The Morgan fingerprint density at radius 1 is 1.31 bits per heavy atom. The van der Waals surface area contributed by atoms with E-state index in [1.807, 2.05) is 30.3 Å². The first-order valence-electron chi connectivity index (χ1n) is 8.38. The van der Waals surface area contributed by atoms with Gasteiger partial charge in [0.15, 0.2) is 11.5 Å². The van der Waals surface area contributed by atoms with Crippen LogP contribution >= 0.6 is 0 Å². The van der Waals surface area contributed by atoms with Crippen LogP contribution in [0.4, 0.5) is 5.69 Å². The first-order chi connectivity index (χ1) is 12.5. The zero-order valence-electron chi connectivity index (χ0n) is 15.1. The number of benzene rings is 2. The number of aromatic hydroxyl groups is 1. The summed E-state index contributed by atoms with van der Waals surface area (Å²) in [5.74, 6) is 0.224. The summed E-state index contributed by atoms with van der Waals surface area (Å²) < 4.78 is 4.98. The molecule has 0 aliphatic rings. The van der Waals surface area contributed by atoms with Crippen LogP contribution in [0.25, 0.3) is 6.08 Å². The second-order valence-electron chi connectivity index (χ2n) is 5.99. The van der Waals surface area contributed by atoms with Gasteiger partial charge in [-0.2, -0.15) is 5.26 Å². The maximum Gasteiger partial charge on any atom is 0.266 e. The molecule has 0 saturated carbocycles. The number of nitriles is 1. The minimum absolute atomic E-state index is 0.0550. The summed E-state index contributed by atoms with van der Waals surface area (Å²) in [6.45, 7) is 4.27. The third-order valence-corrected chi connectivity index (χ3v) is 4.23. The van der Waals surface area contributed by atoms with Gasteiger partial charge < -0.3 is 15.2 Å². The van der Waals surface area contributed by atoms with Gasteiger partial charge in [0.05, 0.1) is 7.11 Å². The molecule has 5 heteroatoms. The molecule has 1 atom stereocenters. The fourth-order valence-corrected chi connectivity index (χ4v) is 2.44. The van der Waals surface area contributed by atoms with E-state index in [1.54, 1.807) is 12.1 Å². The summed E-state index contributed by atoms with van der Waals surface area (Å²) in [6, 6.07) is 14.2. The lowest BCUT2D eigenvalue weighted by molar-refractivity contribution is -0.112. The Hall–Kier alpha value is -3.26. The van der Waals surface area contributed by atoms with Crippen molar-refractivity contribution < 1.29 is 14.6 Å². The lowest BCUT2D eigenvalue weighted by Crippen LogP contribution is -2.13. The number of ether oxygens (including phenoxy) is 1. The van der Waals surface area contributed by atoms with Crippen molar-refractivity contribution in [2.75, 3.05) is 12.4 Å².